The molecule has 4 heterocycles. The van der Waals surface area contributed by atoms with Gasteiger partial charge >= 0.3 is 6.18 Å². The number of alkyl halides is 3. The van der Waals surface area contributed by atoms with Crippen LogP contribution in [0.3, 0.4) is 0 Å². The number of nitrogens with zero attached hydrogens (tertiary/aromatic N) is 7. The molecule has 2 fully saturated rings. The number of likely N-dealkylation sites (N-methyl/N-ethyl adjacent to an activating group) is 1. The van der Waals surface area contributed by atoms with Gasteiger partial charge in [-0.2, -0.15) is 17.7 Å². The maximum atomic E-state index is 12.7. The third-order valence-corrected chi connectivity index (χ3v) is 5.91. The van der Waals surface area contributed by atoms with E-state index in [4.69, 9.17) is 5.10 Å². The lowest BCUT2D eigenvalue weighted by Crippen LogP contribution is -2.59. The second-order valence-electron chi connectivity index (χ2n) is 7.72. The van der Waals surface area contributed by atoms with Gasteiger partial charge in [0.2, 0.25) is 0 Å². The van der Waals surface area contributed by atoms with E-state index in [1.165, 1.54) is 12.5 Å². The molecule has 0 spiro atoms. The molecule has 2 aliphatic rings. The second kappa shape index (κ2) is 6.57. The summed E-state index contributed by atoms with van der Waals surface area (Å²) < 4.78 is 40.0. The van der Waals surface area contributed by atoms with Crippen LogP contribution in [0.15, 0.2) is 30.5 Å². The zero-order chi connectivity index (χ0) is 20.2. The quantitative estimate of drug-likeness (QED) is 0.667. The Labute approximate surface area is 165 Å². The van der Waals surface area contributed by atoms with Crippen molar-refractivity contribution in [2.45, 2.75) is 37.4 Å². The van der Waals surface area contributed by atoms with Crippen molar-refractivity contribution >= 4 is 17.3 Å². The zero-order valence-electron chi connectivity index (χ0n) is 15.8. The number of anilines is 2. The molecule has 29 heavy (non-hydrogen) atoms. The molecule has 1 saturated carbocycles. The molecule has 0 unspecified atom stereocenters. The van der Waals surface area contributed by atoms with Gasteiger partial charge in [-0.25, -0.2) is 4.98 Å². The largest absolute Gasteiger partial charge is 0.417 e. The molecule has 0 amide bonds. The van der Waals surface area contributed by atoms with E-state index in [-0.39, 0.29) is 6.04 Å². The minimum atomic E-state index is -4.37. The summed E-state index contributed by atoms with van der Waals surface area (Å²) in [5.74, 6) is 2.74. The standard InChI is InChI=1S/C19H20F3N7/c1-27(15-6-5-13(9-23-15)19(20,21)22)14-10-28(11-14)17-8-7-16-24-25-18(29(16)26-17)12-3-2-4-12/h5-9,12,14H,2-4,10-11H2,1H3. The van der Waals surface area contributed by atoms with Crippen molar-refractivity contribution in [1.29, 1.82) is 0 Å². The molecular weight excluding hydrogens is 383 g/mol. The zero-order valence-corrected chi connectivity index (χ0v) is 15.8. The molecule has 0 aromatic carbocycles. The summed E-state index contributed by atoms with van der Waals surface area (Å²) >= 11 is 0. The number of fused-ring (bicyclic) bond motifs is 1. The van der Waals surface area contributed by atoms with Crippen LogP contribution >= 0.6 is 0 Å². The van der Waals surface area contributed by atoms with E-state index >= 15 is 0 Å². The highest BCUT2D eigenvalue weighted by Gasteiger charge is 2.34. The molecule has 152 valence electrons. The number of rotatable bonds is 4. The van der Waals surface area contributed by atoms with Crippen LogP contribution in [0.4, 0.5) is 24.8 Å². The normalized spacial score (nSPS) is 18.0. The number of pyridine rings is 1. The van der Waals surface area contributed by atoms with Gasteiger partial charge in [-0.05, 0) is 37.1 Å². The Kier molecular flexibility index (Phi) is 4.11. The fourth-order valence-electron chi connectivity index (χ4n) is 3.72. The van der Waals surface area contributed by atoms with Crippen molar-refractivity contribution in [2.24, 2.45) is 0 Å². The van der Waals surface area contributed by atoms with Gasteiger partial charge in [0.25, 0.3) is 0 Å². The summed E-state index contributed by atoms with van der Waals surface area (Å²) in [5, 5.41) is 13.2. The lowest BCUT2D eigenvalue weighted by atomic mass is 9.85. The summed E-state index contributed by atoms with van der Waals surface area (Å²) in [4.78, 5) is 8.02. The minimum absolute atomic E-state index is 0.156. The molecule has 3 aromatic rings. The highest BCUT2D eigenvalue weighted by atomic mass is 19.4. The third-order valence-electron chi connectivity index (χ3n) is 5.91. The van der Waals surface area contributed by atoms with Crippen LogP contribution in [-0.4, -0.2) is 51.0 Å². The van der Waals surface area contributed by atoms with Crippen molar-refractivity contribution in [3.63, 3.8) is 0 Å². The maximum Gasteiger partial charge on any atom is 0.417 e. The lowest BCUT2D eigenvalue weighted by Gasteiger charge is -2.45. The van der Waals surface area contributed by atoms with Crippen molar-refractivity contribution in [3.05, 3.63) is 41.9 Å². The SMILES string of the molecule is CN(c1ccc(C(F)(F)F)cn1)C1CN(c2ccc3nnc(C4CCC4)n3n2)C1. The van der Waals surface area contributed by atoms with Crippen LogP contribution in [0, 0.1) is 0 Å². The fraction of sp³-hybridized carbons (Fsp3) is 0.474. The fourth-order valence-corrected chi connectivity index (χ4v) is 3.72. The van der Waals surface area contributed by atoms with Crippen LogP contribution in [0.1, 0.15) is 36.6 Å². The van der Waals surface area contributed by atoms with Gasteiger partial charge in [0.05, 0.1) is 11.6 Å². The summed E-state index contributed by atoms with van der Waals surface area (Å²) in [6.07, 6.45) is -0.0157. The Morgan fingerprint density at radius 1 is 1.07 bits per heavy atom. The van der Waals surface area contributed by atoms with Gasteiger partial charge in [0.1, 0.15) is 11.6 Å². The Bertz CT molecular complexity index is 1020. The van der Waals surface area contributed by atoms with E-state index < -0.39 is 11.7 Å². The predicted molar refractivity (Wildman–Crippen MR) is 101 cm³/mol. The van der Waals surface area contributed by atoms with Crippen LogP contribution < -0.4 is 9.80 Å². The lowest BCUT2D eigenvalue weighted by molar-refractivity contribution is -0.137. The van der Waals surface area contributed by atoms with Crippen LogP contribution in [-0.2, 0) is 6.18 Å². The minimum Gasteiger partial charge on any atom is -0.353 e. The Morgan fingerprint density at radius 2 is 1.86 bits per heavy atom. The van der Waals surface area contributed by atoms with Gasteiger partial charge in [0, 0.05) is 32.3 Å². The van der Waals surface area contributed by atoms with Crippen molar-refractivity contribution in [1.82, 2.24) is 24.8 Å². The van der Waals surface area contributed by atoms with Crippen LogP contribution in [0.5, 0.6) is 0 Å². The van der Waals surface area contributed by atoms with Crippen molar-refractivity contribution < 1.29 is 13.2 Å². The van der Waals surface area contributed by atoms with E-state index in [0.717, 1.165) is 55.5 Å². The molecule has 0 atom stereocenters. The summed E-state index contributed by atoms with van der Waals surface area (Å²) in [6.45, 7) is 1.44. The predicted octanol–water partition coefficient (Wildman–Crippen LogP) is 3.13. The average Bonchev–Trinajstić information content (AvgIpc) is 3.01. The summed E-state index contributed by atoms with van der Waals surface area (Å²) in [5.41, 5.74) is 0.0115. The number of hydrogen-bond acceptors (Lipinski definition) is 6. The van der Waals surface area contributed by atoms with Gasteiger partial charge < -0.3 is 9.80 Å². The van der Waals surface area contributed by atoms with Crippen molar-refractivity contribution in [2.75, 3.05) is 29.9 Å². The monoisotopic (exact) mass is 403 g/mol. The summed E-state index contributed by atoms with van der Waals surface area (Å²) in [7, 11) is 1.85. The molecule has 7 nitrogen and oxygen atoms in total. The molecule has 0 N–H and O–H groups in total. The molecule has 1 aliphatic heterocycles. The number of hydrogen-bond donors (Lipinski definition) is 0. The molecule has 3 aromatic heterocycles. The first-order valence-corrected chi connectivity index (χ1v) is 9.63. The smallest absolute Gasteiger partial charge is 0.353 e. The average molecular weight is 403 g/mol. The molecule has 1 saturated heterocycles. The topological polar surface area (TPSA) is 62.5 Å². The first-order valence-electron chi connectivity index (χ1n) is 9.63. The van der Waals surface area contributed by atoms with Gasteiger partial charge in [0.15, 0.2) is 11.5 Å². The first-order chi connectivity index (χ1) is 13.9. The van der Waals surface area contributed by atoms with Crippen LogP contribution in [0.2, 0.25) is 0 Å². The van der Waals surface area contributed by atoms with Crippen molar-refractivity contribution in [3.8, 4) is 0 Å². The molecular formula is C19H20F3N7. The maximum absolute atomic E-state index is 12.7. The second-order valence-corrected chi connectivity index (χ2v) is 7.72. The highest BCUT2D eigenvalue weighted by Crippen LogP contribution is 2.35. The Balaban J connectivity index is 1.28. The highest BCUT2D eigenvalue weighted by molar-refractivity contribution is 5.51. The van der Waals surface area contributed by atoms with E-state index in [0.29, 0.717) is 11.7 Å². The number of halogens is 3. The molecule has 5 rings (SSSR count). The van der Waals surface area contributed by atoms with Crippen LogP contribution in [0.25, 0.3) is 5.65 Å². The van der Waals surface area contributed by atoms with E-state index in [2.05, 4.69) is 20.1 Å². The van der Waals surface area contributed by atoms with E-state index in [1.807, 2.05) is 28.6 Å². The Hall–Kier alpha value is -2.91. The molecule has 10 heteroatoms. The van der Waals surface area contributed by atoms with Gasteiger partial charge in [-0.15, -0.1) is 15.3 Å². The first kappa shape index (κ1) is 18.1. The molecule has 0 radical (unpaired) electrons. The summed E-state index contributed by atoms with van der Waals surface area (Å²) in [6, 6.07) is 6.49. The Morgan fingerprint density at radius 3 is 2.48 bits per heavy atom. The molecule has 1 aliphatic carbocycles. The van der Waals surface area contributed by atoms with Gasteiger partial charge in [-0.3, -0.25) is 0 Å². The van der Waals surface area contributed by atoms with Gasteiger partial charge in [-0.1, -0.05) is 6.42 Å². The third kappa shape index (κ3) is 3.16. The number of aromatic nitrogens is 5. The van der Waals surface area contributed by atoms with E-state index in [9.17, 15) is 13.2 Å². The molecule has 0 bridgehead atoms. The van der Waals surface area contributed by atoms with E-state index in [1.54, 1.807) is 0 Å².